The van der Waals surface area contributed by atoms with Gasteiger partial charge in [0.15, 0.2) is 29.1 Å². The van der Waals surface area contributed by atoms with Crippen molar-refractivity contribution in [2.24, 2.45) is 0 Å². The van der Waals surface area contributed by atoms with Crippen molar-refractivity contribution >= 4 is 35.1 Å². The minimum atomic E-state index is -0.382. The average molecular weight is 548 g/mol. The molecule has 3 rings (SSSR count). The van der Waals surface area contributed by atoms with Crippen LogP contribution in [0.3, 0.4) is 0 Å². The first-order valence-electron chi connectivity index (χ1n) is 13.0. The second-order valence-corrected chi connectivity index (χ2v) is 10.4. The summed E-state index contributed by atoms with van der Waals surface area (Å²) in [6.07, 6.45) is 3.90. The van der Waals surface area contributed by atoms with Gasteiger partial charge in [-0.1, -0.05) is 23.7 Å². The molecule has 1 aromatic carbocycles. The Hall–Kier alpha value is -3.15. The fourth-order valence-electron chi connectivity index (χ4n) is 4.39. The van der Waals surface area contributed by atoms with Crippen molar-refractivity contribution in [2.45, 2.75) is 31.7 Å². The number of piperidine rings is 1. The molecule has 2 heterocycles. The number of nitrogens with two attached hydrogens (primary N) is 2. The van der Waals surface area contributed by atoms with E-state index in [1.54, 1.807) is 11.9 Å². The number of likely N-dealkylation sites (N-methyl/N-ethyl adjacent to an activating group) is 2. The number of rotatable bonds is 12. The van der Waals surface area contributed by atoms with Gasteiger partial charge in [-0.05, 0) is 51.1 Å². The Morgan fingerprint density at radius 3 is 2.58 bits per heavy atom. The summed E-state index contributed by atoms with van der Waals surface area (Å²) in [5.41, 5.74) is 12.6. The molecule has 0 aliphatic carbocycles. The highest BCUT2D eigenvalue weighted by Gasteiger charge is 2.26. The number of carbonyl (C=O) groups is 2. The maximum atomic E-state index is 12.7. The molecular weight excluding hydrogens is 508 g/mol. The van der Waals surface area contributed by atoms with Gasteiger partial charge >= 0.3 is 0 Å². The summed E-state index contributed by atoms with van der Waals surface area (Å²) in [7, 11) is 5.75. The normalized spacial score (nSPS) is 17.3. The molecule has 2 atom stereocenters. The van der Waals surface area contributed by atoms with Gasteiger partial charge in [0.2, 0.25) is 0 Å². The van der Waals surface area contributed by atoms with E-state index in [1.165, 1.54) is 10.5 Å². The smallest absolute Gasteiger partial charge is 0.274 e. The van der Waals surface area contributed by atoms with Crippen LogP contribution in [0.25, 0.3) is 0 Å². The fourth-order valence-corrected chi connectivity index (χ4v) is 4.52. The topological polar surface area (TPSA) is 144 Å². The van der Waals surface area contributed by atoms with E-state index in [9.17, 15) is 9.59 Å². The average Bonchev–Trinajstić information content (AvgIpc) is 2.88. The Bertz CT molecular complexity index is 1080. The number of nitrogens with zero attached hydrogens (tertiary/aromatic N) is 4. The Morgan fingerprint density at radius 1 is 1.13 bits per heavy atom. The molecule has 38 heavy (non-hydrogen) atoms. The highest BCUT2D eigenvalue weighted by atomic mass is 35.5. The van der Waals surface area contributed by atoms with E-state index < -0.39 is 0 Å². The van der Waals surface area contributed by atoms with Gasteiger partial charge in [0.05, 0.1) is 25.7 Å². The van der Waals surface area contributed by atoms with Crippen LogP contribution >= 0.6 is 11.6 Å². The number of amides is 2. The van der Waals surface area contributed by atoms with Crippen molar-refractivity contribution in [1.82, 2.24) is 25.1 Å². The van der Waals surface area contributed by atoms with Crippen LogP contribution < -0.4 is 26.4 Å². The zero-order valence-corrected chi connectivity index (χ0v) is 23.3. The van der Waals surface area contributed by atoms with Gasteiger partial charge in [0.25, 0.3) is 11.8 Å². The number of benzene rings is 1. The quantitative estimate of drug-likeness (QED) is 0.293. The van der Waals surface area contributed by atoms with Gasteiger partial charge in [-0.3, -0.25) is 9.59 Å². The molecule has 0 spiro atoms. The molecule has 1 aliphatic rings. The lowest BCUT2D eigenvalue weighted by Crippen LogP contribution is -3.14. The van der Waals surface area contributed by atoms with Crippen molar-refractivity contribution in [3.8, 4) is 5.75 Å². The van der Waals surface area contributed by atoms with Gasteiger partial charge in [-0.2, -0.15) is 0 Å². The number of likely N-dealkylation sites (tertiary alicyclic amines) is 1. The number of hydrogen-bond acceptors (Lipinski definition) is 8. The Morgan fingerprint density at radius 2 is 1.87 bits per heavy atom. The summed E-state index contributed by atoms with van der Waals surface area (Å²) in [5, 5.41) is 2.99. The van der Waals surface area contributed by atoms with E-state index in [-0.39, 0.29) is 46.9 Å². The Labute approximate surface area is 229 Å². The van der Waals surface area contributed by atoms with Crippen LogP contribution in [0, 0.1) is 0 Å². The first kappa shape index (κ1) is 29.4. The molecule has 1 aliphatic heterocycles. The molecule has 1 aromatic heterocycles. The van der Waals surface area contributed by atoms with Gasteiger partial charge in [0, 0.05) is 26.6 Å². The number of hydrogen-bond donors (Lipinski definition) is 4. The lowest BCUT2D eigenvalue weighted by Gasteiger charge is -2.30. The minimum absolute atomic E-state index is 0.00413. The summed E-state index contributed by atoms with van der Waals surface area (Å²) < 4.78 is 5.67. The zero-order valence-electron chi connectivity index (χ0n) is 22.5. The van der Waals surface area contributed by atoms with Gasteiger partial charge in [0.1, 0.15) is 5.75 Å². The highest BCUT2D eigenvalue weighted by molar-refractivity contribution is 6.31. The number of quaternary nitrogens is 1. The maximum absolute atomic E-state index is 12.7. The number of aromatic nitrogens is 2. The predicted octanol–water partition coefficient (Wildman–Crippen LogP) is 0.103. The molecule has 2 amide bonds. The van der Waals surface area contributed by atoms with Crippen molar-refractivity contribution in [2.75, 3.05) is 71.9 Å². The van der Waals surface area contributed by atoms with Crippen LogP contribution in [0.4, 0.5) is 11.6 Å². The molecule has 11 nitrogen and oxygen atoms in total. The van der Waals surface area contributed by atoms with Crippen molar-refractivity contribution in [3.63, 3.8) is 0 Å². The molecule has 6 N–H and O–H groups in total. The van der Waals surface area contributed by atoms with Crippen molar-refractivity contribution < 1.29 is 19.2 Å². The molecule has 2 unspecified atom stereocenters. The van der Waals surface area contributed by atoms with Crippen LogP contribution in [-0.4, -0.2) is 98.1 Å². The monoisotopic (exact) mass is 547 g/mol. The lowest BCUT2D eigenvalue weighted by molar-refractivity contribution is -0.906. The summed E-state index contributed by atoms with van der Waals surface area (Å²) in [6.45, 7) is 4.44. The lowest BCUT2D eigenvalue weighted by atomic mass is 10.0. The minimum Gasteiger partial charge on any atom is -0.484 e. The van der Waals surface area contributed by atoms with Crippen LogP contribution in [0.1, 0.15) is 35.3 Å². The summed E-state index contributed by atoms with van der Waals surface area (Å²) in [5.74, 6) is 0.247. The van der Waals surface area contributed by atoms with Crippen LogP contribution in [0.5, 0.6) is 5.75 Å². The number of carbonyl (C=O) groups excluding carboxylic acids is 2. The second kappa shape index (κ2) is 14.1. The summed E-state index contributed by atoms with van der Waals surface area (Å²) >= 11 is 5.91. The Kier molecular flexibility index (Phi) is 10.9. The number of nitrogens with one attached hydrogen (secondary N) is 2. The summed E-state index contributed by atoms with van der Waals surface area (Å²) in [4.78, 5) is 37.9. The van der Waals surface area contributed by atoms with Gasteiger partial charge < -0.3 is 36.2 Å². The maximum Gasteiger partial charge on any atom is 0.274 e. The van der Waals surface area contributed by atoms with Crippen molar-refractivity contribution in [3.05, 3.63) is 40.7 Å². The van der Waals surface area contributed by atoms with Crippen molar-refractivity contribution in [1.29, 1.82) is 0 Å². The molecule has 0 radical (unpaired) electrons. The number of halogens is 1. The number of anilines is 2. The zero-order chi connectivity index (χ0) is 27.7. The molecule has 208 valence electrons. The molecule has 2 aromatic rings. The third-order valence-corrected chi connectivity index (χ3v) is 6.94. The molecule has 12 heteroatoms. The molecular formula is C26H40ClN8O3+. The third kappa shape index (κ3) is 9.00. The summed E-state index contributed by atoms with van der Waals surface area (Å²) in [6, 6.07) is 7.96. The molecule has 1 saturated heterocycles. The van der Waals surface area contributed by atoms with Gasteiger partial charge in [-0.15, -0.1) is 0 Å². The van der Waals surface area contributed by atoms with E-state index in [4.69, 9.17) is 27.8 Å². The highest BCUT2D eigenvalue weighted by Crippen LogP contribution is 2.17. The fraction of sp³-hybridized carbons (Fsp3) is 0.538. The van der Waals surface area contributed by atoms with Crippen LogP contribution in [0.15, 0.2) is 24.3 Å². The van der Waals surface area contributed by atoms with Gasteiger partial charge in [-0.25, -0.2) is 9.97 Å². The molecule has 1 fully saturated rings. The molecule has 0 saturated carbocycles. The first-order valence-corrected chi connectivity index (χ1v) is 13.3. The number of aryl methyl sites for hydroxylation is 1. The number of ether oxygens (including phenoxy) is 1. The van der Waals surface area contributed by atoms with E-state index in [0.29, 0.717) is 12.3 Å². The standard InChI is InChI=1S/C26H39ClN8O3/c1-33(2)14-15-34(3)21(36)17-38-20-10-8-18(9-11-20)6-4-12-35-13-5-7-19(16-35)30-26(37)22-24(28)32-25(29)23(27)31-22/h8-11,19H,4-7,12-17H2,1-3H3,(H,30,37)(H4,28,29,32)/p+1. The third-order valence-electron chi connectivity index (χ3n) is 6.66. The van der Waals surface area contributed by atoms with Crippen LogP contribution in [-0.2, 0) is 11.2 Å². The Balaban J connectivity index is 1.39. The van der Waals surface area contributed by atoms with E-state index in [0.717, 1.165) is 51.9 Å². The largest absolute Gasteiger partial charge is 0.484 e. The van der Waals surface area contributed by atoms with E-state index in [1.807, 2.05) is 43.3 Å². The SMILES string of the molecule is CN(C)CCN(C)C(=O)COc1ccc(CCC[NH+]2CCCC(NC(=O)c3nc(Cl)c(N)nc3N)C2)cc1. The second-order valence-electron chi connectivity index (χ2n) is 10.1. The molecule has 0 bridgehead atoms. The van der Waals surface area contributed by atoms with Crippen LogP contribution in [0.2, 0.25) is 5.15 Å². The predicted molar refractivity (Wildman–Crippen MR) is 148 cm³/mol. The van der Waals surface area contributed by atoms with E-state index >= 15 is 0 Å². The van der Waals surface area contributed by atoms with E-state index in [2.05, 4.69) is 15.3 Å². The number of nitrogen functional groups attached to an aromatic ring is 2. The first-order chi connectivity index (χ1) is 18.1.